The number of hydrogen-bond acceptors (Lipinski definition) is 3. The molecule has 0 aliphatic carbocycles. The fraction of sp³-hybridized carbons (Fsp3) is 0.385. The maximum atomic E-state index is 9.16. The summed E-state index contributed by atoms with van der Waals surface area (Å²) in [6, 6.07) is 7.81. The molecule has 0 fully saturated rings. The molecule has 4 nitrogen and oxygen atoms in total. The van der Waals surface area contributed by atoms with Crippen molar-refractivity contribution in [2.45, 2.75) is 12.6 Å². The number of aliphatic hydroxyl groups is 1. The Balaban J connectivity index is 2.09. The van der Waals surface area contributed by atoms with Gasteiger partial charge in [-0.05, 0) is 6.07 Å². The third-order valence-electron chi connectivity index (χ3n) is 2.87. The molecule has 18 heavy (non-hydrogen) atoms. The fourth-order valence-corrected chi connectivity index (χ4v) is 2.19. The Labute approximate surface area is 111 Å². The van der Waals surface area contributed by atoms with Gasteiger partial charge in [-0.2, -0.15) is 0 Å². The molecule has 0 aliphatic rings. The summed E-state index contributed by atoms with van der Waals surface area (Å²) in [6.07, 6.45) is 0. The standard InChI is InChI=1S/C13H17ClN2O2/c1-18-8-9(7-17)15-6-12-13(14)10-4-2-3-5-11(10)16-12/h2-5,9,15-17H,6-8H2,1H3. The number of H-pyrrole nitrogens is 1. The molecule has 5 heteroatoms. The molecule has 0 saturated heterocycles. The van der Waals surface area contributed by atoms with E-state index in [0.29, 0.717) is 13.2 Å². The van der Waals surface area contributed by atoms with Crippen molar-refractivity contribution in [2.24, 2.45) is 0 Å². The highest BCUT2D eigenvalue weighted by molar-refractivity contribution is 6.36. The van der Waals surface area contributed by atoms with Crippen molar-refractivity contribution < 1.29 is 9.84 Å². The molecular weight excluding hydrogens is 252 g/mol. The van der Waals surface area contributed by atoms with E-state index in [1.807, 2.05) is 24.3 Å². The lowest BCUT2D eigenvalue weighted by atomic mass is 10.2. The lowest BCUT2D eigenvalue weighted by Crippen LogP contribution is -2.36. The minimum Gasteiger partial charge on any atom is -0.395 e. The number of aromatic nitrogens is 1. The van der Waals surface area contributed by atoms with Crippen molar-refractivity contribution in [2.75, 3.05) is 20.3 Å². The van der Waals surface area contributed by atoms with Gasteiger partial charge in [0.15, 0.2) is 0 Å². The van der Waals surface area contributed by atoms with Crippen molar-refractivity contribution in [3.05, 3.63) is 35.0 Å². The average Bonchev–Trinajstić information content (AvgIpc) is 2.72. The third-order valence-corrected chi connectivity index (χ3v) is 3.30. The van der Waals surface area contributed by atoms with Crippen LogP contribution in [0.1, 0.15) is 5.69 Å². The predicted octanol–water partition coefficient (Wildman–Crippen LogP) is 1.92. The van der Waals surface area contributed by atoms with Crippen LogP contribution in [0.15, 0.2) is 24.3 Å². The van der Waals surface area contributed by atoms with Crippen LogP contribution in [0.2, 0.25) is 5.02 Å². The van der Waals surface area contributed by atoms with Crippen LogP contribution in [-0.2, 0) is 11.3 Å². The minimum atomic E-state index is -0.0857. The zero-order chi connectivity index (χ0) is 13.0. The summed E-state index contributed by atoms with van der Waals surface area (Å²) in [7, 11) is 1.61. The first-order valence-electron chi connectivity index (χ1n) is 5.84. The summed E-state index contributed by atoms with van der Waals surface area (Å²) < 4.78 is 5.01. The number of ether oxygens (including phenoxy) is 1. The van der Waals surface area contributed by atoms with Crippen molar-refractivity contribution in [3.8, 4) is 0 Å². The Hall–Kier alpha value is -1.07. The second-order valence-electron chi connectivity index (χ2n) is 4.18. The first-order chi connectivity index (χ1) is 8.76. The van der Waals surface area contributed by atoms with E-state index < -0.39 is 0 Å². The van der Waals surface area contributed by atoms with Crippen LogP contribution in [0, 0.1) is 0 Å². The Morgan fingerprint density at radius 1 is 1.44 bits per heavy atom. The molecule has 1 heterocycles. The van der Waals surface area contributed by atoms with Gasteiger partial charge in [-0.1, -0.05) is 29.8 Å². The molecular formula is C13H17ClN2O2. The number of methoxy groups -OCH3 is 1. The summed E-state index contributed by atoms with van der Waals surface area (Å²) in [5, 5.41) is 14.1. The van der Waals surface area contributed by atoms with Gasteiger partial charge in [-0.3, -0.25) is 0 Å². The van der Waals surface area contributed by atoms with E-state index in [-0.39, 0.29) is 12.6 Å². The summed E-state index contributed by atoms with van der Waals surface area (Å²) in [6.45, 7) is 1.07. The van der Waals surface area contributed by atoms with Gasteiger partial charge in [0.05, 0.1) is 24.3 Å². The Kier molecular flexibility index (Phi) is 4.60. The van der Waals surface area contributed by atoms with Gasteiger partial charge >= 0.3 is 0 Å². The fourth-order valence-electron chi connectivity index (χ4n) is 1.91. The number of benzene rings is 1. The van der Waals surface area contributed by atoms with Gasteiger partial charge in [0.2, 0.25) is 0 Å². The number of halogens is 1. The first kappa shape index (κ1) is 13.4. The lowest BCUT2D eigenvalue weighted by molar-refractivity contribution is 0.128. The van der Waals surface area contributed by atoms with Crippen LogP contribution in [-0.4, -0.2) is 36.5 Å². The molecule has 0 aliphatic heterocycles. The molecule has 3 N–H and O–H groups in total. The SMILES string of the molecule is COCC(CO)NCc1[nH]c2ccccc2c1Cl. The number of rotatable bonds is 6. The average molecular weight is 269 g/mol. The highest BCUT2D eigenvalue weighted by atomic mass is 35.5. The molecule has 0 spiro atoms. The van der Waals surface area contributed by atoms with Gasteiger partial charge < -0.3 is 20.1 Å². The number of aliphatic hydroxyl groups excluding tert-OH is 1. The number of aromatic amines is 1. The molecule has 1 aromatic heterocycles. The van der Waals surface area contributed by atoms with Crippen LogP contribution in [0.5, 0.6) is 0 Å². The highest BCUT2D eigenvalue weighted by Crippen LogP contribution is 2.26. The zero-order valence-electron chi connectivity index (χ0n) is 10.2. The first-order valence-corrected chi connectivity index (χ1v) is 6.22. The van der Waals surface area contributed by atoms with E-state index in [4.69, 9.17) is 21.4 Å². The Bertz CT molecular complexity index is 513. The normalized spacial score (nSPS) is 13.1. The quantitative estimate of drug-likeness (QED) is 0.750. The van der Waals surface area contributed by atoms with E-state index >= 15 is 0 Å². The molecule has 0 saturated carbocycles. The van der Waals surface area contributed by atoms with Crippen LogP contribution in [0.4, 0.5) is 0 Å². The van der Waals surface area contributed by atoms with Crippen molar-refractivity contribution in [1.29, 1.82) is 0 Å². The number of fused-ring (bicyclic) bond motifs is 1. The number of para-hydroxylation sites is 1. The van der Waals surface area contributed by atoms with Crippen molar-refractivity contribution in [3.63, 3.8) is 0 Å². The van der Waals surface area contributed by atoms with Crippen molar-refractivity contribution in [1.82, 2.24) is 10.3 Å². The second-order valence-corrected chi connectivity index (χ2v) is 4.56. The number of nitrogens with one attached hydrogen (secondary N) is 2. The molecule has 2 aromatic rings. The van der Waals surface area contributed by atoms with Gasteiger partial charge in [0.25, 0.3) is 0 Å². The minimum absolute atomic E-state index is 0.0334. The molecule has 0 bridgehead atoms. The molecule has 0 radical (unpaired) electrons. The van der Waals surface area contributed by atoms with Gasteiger partial charge in [0, 0.05) is 30.3 Å². The zero-order valence-corrected chi connectivity index (χ0v) is 11.0. The highest BCUT2D eigenvalue weighted by Gasteiger charge is 2.11. The third kappa shape index (κ3) is 2.84. The number of hydrogen-bond donors (Lipinski definition) is 3. The van der Waals surface area contributed by atoms with E-state index in [9.17, 15) is 0 Å². The molecule has 1 unspecified atom stereocenters. The van der Waals surface area contributed by atoms with E-state index in [1.165, 1.54) is 0 Å². The monoisotopic (exact) mass is 268 g/mol. The van der Waals surface area contributed by atoms with Gasteiger partial charge in [0.1, 0.15) is 0 Å². The van der Waals surface area contributed by atoms with Crippen LogP contribution in [0.25, 0.3) is 10.9 Å². The second kappa shape index (κ2) is 6.20. The topological polar surface area (TPSA) is 57.3 Å². The Morgan fingerprint density at radius 2 is 2.22 bits per heavy atom. The molecule has 1 aromatic carbocycles. The van der Waals surface area contributed by atoms with Gasteiger partial charge in [-0.15, -0.1) is 0 Å². The van der Waals surface area contributed by atoms with E-state index in [2.05, 4.69) is 10.3 Å². The van der Waals surface area contributed by atoms with E-state index in [1.54, 1.807) is 7.11 Å². The summed E-state index contributed by atoms with van der Waals surface area (Å²) in [5.74, 6) is 0. The van der Waals surface area contributed by atoms with Gasteiger partial charge in [-0.25, -0.2) is 0 Å². The Morgan fingerprint density at radius 3 is 2.89 bits per heavy atom. The predicted molar refractivity (Wildman–Crippen MR) is 72.9 cm³/mol. The smallest absolute Gasteiger partial charge is 0.0705 e. The summed E-state index contributed by atoms with van der Waals surface area (Å²) in [5.41, 5.74) is 1.94. The molecule has 0 amide bonds. The largest absolute Gasteiger partial charge is 0.395 e. The maximum Gasteiger partial charge on any atom is 0.0705 e. The van der Waals surface area contributed by atoms with E-state index in [0.717, 1.165) is 21.6 Å². The maximum absolute atomic E-state index is 9.16. The summed E-state index contributed by atoms with van der Waals surface area (Å²) in [4.78, 5) is 3.27. The van der Waals surface area contributed by atoms with Crippen LogP contribution >= 0.6 is 11.6 Å². The molecule has 98 valence electrons. The summed E-state index contributed by atoms with van der Waals surface area (Å²) >= 11 is 6.30. The van der Waals surface area contributed by atoms with Crippen LogP contribution < -0.4 is 5.32 Å². The van der Waals surface area contributed by atoms with Crippen molar-refractivity contribution >= 4 is 22.5 Å². The van der Waals surface area contributed by atoms with Crippen LogP contribution in [0.3, 0.4) is 0 Å². The lowest BCUT2D eigenvalue weighted by Gasteiger charge is -2.14. The molecule has 2 rings (SSSR count). The molecule has 1 atom stereocenters.